The van der Waals surface area contributed by atoms with Crippen LogP contribution >= 0.6 is 27.5 Å². The number of hydrogen-bond donors (Lipinski definition) is 1. The van der Waals surface area contributed by atoms with Crippen molar-refractivity contribution in [2.75, 3.05) is 0 Å². The van der Waals surface area contributed by atoms with Crippen LogP contribution in [0.15, 0.2) is 81.2 Å². The van der Waals surface area contributed by atoms with Crippen molar-refractivity contribution in [1.29, 1.82) is 0 Å². The number of nitro benzene ring substituents is 1. The van der Waals surface area contributed by atoms with Crippen LogP contribution in [0.25, 0.3) is 0 Å². The molecular weight excluding hydrogens is 526 g/mol. The molecular formula is C20H13BrClN3O6S. The second-order valence-corrected chi connectivity index (χ2v) is 9.08. The quantitative estimate of drug-likeness (QED) is 0.203. The number of rotatable bonds is 7. The Bertz CT molecular complexity index is 1300. The molecule has 0 radical (unpaired) electrons. The summed E-state index contributed by atoms with van der Waals surface area (Å²) in [6.45, 7) is 0. The second kappa shape index (κ2) is 9.90. The molecule has 0 bridgehead atoms. The van der Waals surface area contributed by atoms with Crippen LogP contribution in [0.2, 0.25) is 5.02 Å². The van der Waals surface area contributed by atoms with E-state index in [2.05, 4.69) is 26.5 Å². The molecule has 3 rings (SSSR count). The van der Waals surface area contributed by atoms with Crippen LogP contribution in [-0.2, 0) is 10.1 Å². The molecule has 32 heavy (non-hydrogen) atoms. The van der Waals surface area contributed by atoms with Gasteiger partial charge in [0.15, 0.2) is 5.75 Å². The molecule has 1 N–H and O–H groups in total. The van der Waals surface area contributed by atoms with E-state index in [1.165, 1.54) is 24.4 Å². The Hall–Kier alpha value is -3.28. The van der Waals surface area contributed by atoms with Crippen LogP contribution in [0.5, 0.6) is 5.75 Å². The number of hydrazone groups is 1. The Morgan fingerprint density at radius 2 is 1.75 bits per heavy atom. The van der Waals surface area contributed by atoms with Crippen LogP contribution in [0.1, 0.15) is 15.9 Å². The molecule has 0 saturated heterocycles. The molecule has 3 aromatic carbocycles. The van der Waals surface area contributed by atoms with Gasteiger partial charge in [-0.15, -0.1) is 0 Å². The number of nitro groups is 1. The molecule has 0 spiro atoms. The lowest BCUT2D eigenvalue weighted by Gasteiger charge is -2.10. The van der Waals surface area contributed by atoms with Gasteiger partial charge in [-0.2, -0.15) is 13.5 Å². The van der Waals surface area contributed by atoms with Crippen molar-refractivity contribution in [3.8, 4) is 5.75 Å². The van der Waals surface area contributed by atoms with Gasteiger partial charge in [-0.1, -0.05) is 27.5 Å². The number of nitrogens with zero attached hydrogens (tertiary/aromatic N) is 2. The molecule has 0 fully saturated rings. The number of non-ortho nitro benzene ring substituents is 1. The van der Waals surface area contributed by atoms with Gasteiger partial charge in [0, 0.05) is 32.8 Å². The maximum atomic E-state index is 12.6. The van der Waals surface area contributed by atoms with Crippen molar-refractivity contribution in [2.45, 2.75) is 4.90 Å². The highest BCUT2D eigenvalue weighted by molar-refractivity contribution is 9.10. The van der Waals surface area contributed by atoms with Gasteiger partial charge in [0.2, 0.25) is 0 Å². The van der Waals surface area contributed by atoms with E-state index in [0.717, 1.165) is 24.3 Å². The first kappa shape index (κ1) is 23.4. The molecule has 0 aliphatic carbocycles. The van der Waals surface area contributed by atoms with Crippen molar-refractivity contribution in [1.82, 2.24) is 5.43 Å². The fraction of sp³-hybridized carbons (Fsp3) is 0. The summed E-state index contributed by atoms with van der Waals surface area (Å²) in [5.41, 5.74) is 2.66. The number of carbonyl (C=O) groups excluding carboxylic acids is 1. The number of amides is 1. The lowest BCUT2D eigenvalue weighted by atomic mass is 10.2. The Morgan fingerprint density at radius 3 is 2.38 bits per heavy atom. The first-order valence-corrected chi connectivity index (χ1v) is 11.3. The zero-order valence-electron chi connectivity index (χ0n) is 15.9. The number of carbonyl (C=O) groups is 1. The fourth-order valence-corrected chi connectivity index (χ4v) is 3.88. The third-order valence-electron chi connectivity index (χ3n) is 3.98. The Balaban J connectivity index is 1.79. The van der Waals surface area contributed by atoms with Gasteiger partial charge in [-0.25, -0.2) is 5.43 Å². The third-order valence-corrected chi connectivity index (χ3v) is 5.98. The molecule has 0 unspecified atom stereocenters. The summed E-state index contributed by atoms with van der Waals surface area (Å²) in [6.07, 6.45) is 1.22. The molecule has 12 heteroatoms. The summed E-state index contributed by atoms with van der Waals surface area (Å²) in [5.74, 6) is -0.551. The van der Waals surface area contributed by atoms with Gasteiger partial charge in [-0.3, -0.25) is 14.9 Å². The first-order chi connectivity index (χ1) is 15.2. The fourth-order valence-electron chi connectivity index (χ4n) is 2.42. The van der Waals surface area contributed by atoms with E-state index in [1.807, 2.05) is 0 Å². The van der Waals surface area contributed by atoms with E-state index in [9.17, 15) is 23.3 Å². The molecule has 0 saturated carbocycles. The normalized spacial score (nSPS) is 11.3. The predicted molar refractivity (Wildman–Crippen MR) is 122 cm³/mol. The van der Waals surface area contributed by atoms with Crippen molar-refractivity contribution < 1.29 is 22.3 Å². The van der Waals surface area contributed by atoms with Crippen LogP contribution in [0.3, 0.4) is 0 Å². The summed E-state index contributed by atoms with van der Waals surface area (Å²) in [5, 5.41) is 15.1. The molecule has 1 amide bonds. The maximum absolute atomic E-state index is 12.6. The average Bonchev–Trinajstić information content (AvgIpc) is 2.76. The predicted octanol–water partition coefficient (Wildman–Crippen LogP) is 4.54. The lowest BCUT2D eigenvalue weighted by molar-refractivity contribution is -0.384. The Labute approximate surface area is 196 Å². The monoisotopic (exact) mass is 537 g/mol. The summed E-state index contributed by atoms with van der Waals surface area (Å²) in [6, 6.07) is 14.9. The Kier molecular flexibility index (Phi) is 7.23. The first-order valence-electron chi connectivity index (χ1n) is 8.73. The van der Waals surface area contributed by atoms with Crippen molar-refractivity contribution in [3.63, 3.8) is 0 Å². The van der Waals surface area contributed by atoms with Gasteiger partial charge >= 0.3 is 10.1 Å². The van der Waals surface area contributed by atoms with E-state index in [-0.39, 0.29) is 21.9 Å². The summed E-state index contributed by atoms with van der Waals surface area (Å²) in [7, 11) is -4.28. The van der Waals surface area contributed by atoms with Gasteiger partial charge in [0.05, 0.1) is 11.1 Å². The van der Waals surface area contributed by atoms with E-state index in [1.54, 1.807) is 24.3 Å². The van der Waals surface area contributed by atoms with E-state index in [4.69, 9.17) is 15.8 Å². The van der Waals surface area contributed by atoms with Crippen LogP contribution < -0.4 is 9.61 Å². The topological polar surface area (TPSA) is 128 Å². The Morgan fingerprint density at radius 1 is 1.09 bits per heavy atom. The molecule has 0 heterocycles. The molecule has 9 nitrogen and oxygen atoms in total. The van der Waals surface area contributed by atoms with Crippen LogP contribution in [0, 0.1) is 10.1 Å². The van der Waals surface area contributed by atoms with Crippen molar-refractivity contribution >= 4 is 55.5 Å². The largest absolute Gasteiger partial charge is 0.378 e. The van der Waals surface area contributed by atoms with Crippen LogP contribution in [-0.4, -0.2) is 25.5 Å². The minimum absolute atomic E-state index is 0.0592. The van der Waals surface area contributed by atoms with Crippen molar-refractivity contribution in [2.24, 2.45) is 5.10 Å². The van der Waals surface area contributed by atoms with Gasteiger partial charge in [0.1, 0.15) is 4.90 Å². The molecule has 0 aliphatic heterocycles. The highest BCUT2D eigenvalue weighted by Gasteiger charge is 2.20. The molecule has 0 aliphatic rings. The molecule has 3 aromatic rings. The van der Waals surface area contributed by atoms with E-state index >= 15 is 0 Å². The summed E-state index contributed by atoms with van der Waals surface area (Å²) in [4.78, 5) is 22.0. The van der Waals surface area contributed by atoms with Gasteiger partial charge < -0.3 is 4.18 Å². The summed E-state index contributed by atoms with van der Waals surface area (Å²) < 4.78 is 31.0. The molecule has 0 aromatic heterocycles. The highest BCUT2D eigenvalue weighted by Crippen LogP contribution is 2.26. The highest BCUT2D eigenvalue weighted by atomic mass is 79.9. The van der Waals surface area contributed by atoms with Crippen LogP contribution in [0.4, 0.5) is 5.69 Å². The van der Waals surface area contributed by atoms with E-state index in [0.29, 0.717) is 15.1 Å². The zero-order valence-corrected chi connectivity index (χ0v) is 19.1. The minimum atomic E-state index is -4.28. The van der Waals surface area contributed by atoms with Gasteiger partial charge in [-0.05, 0) is 54.6 Å². The third kappa shape index (κ3) is 5.90. The summed E-state index contributed by atoms with van der Waals surface area (Å²) >= 11 is 9.07. The smallest absolute Gasteiger partial charge is 0.339 e. The standard InChI is InChI=1S/C20H13BrClN3O6S/c21-15-3-10-19(31-32(29,30)18-8-6-17(7-9-18)25(27)28)14(11-15)12-23-24-20(26)13-1-4-16(22)5-2-13/h1-12H,(H,24,26)/b23-12-. The zero-order chi connectivity index (χ0) is 23.3. The van der Waals surface area contributed by atoms with Gasteiger partial charge in [0.25, 0.3) is 11.6 Å². The molecule has 0 atom stereocenters. The van der Waals surface area contributed by atoms with E-state index < -0.39 is 20.9 Å². The lowest BCUT2D eigenvalue weighted by Crippen LogP contribution is -2.17. The second-order valence-electron chi connectivity index (χ2n) is 6.18. The number of halogens is 2. The number of benzene rings is 3. The molecule has 164 valence electrons. The average molecular weight is 539 g/mol. The number of nitrogens with one attached hydrogen (secondary N) is 1. The number of hydrogen-bond acceptors (Lipinski definition) is 7. The van der Waals surface area contributed by atoms with Crippen molar-refractivity contribution in [3.05, 3.63) is 97.5 Å². The SMILES string of the molecule is O=C(N/N=C\c1cc(Br)ccc1OS(=O)(=O)c1ccc([N+](=O)[O-])cc1)c1ccc(Cl)cc1. The maximum Gasteiger partial charge on any atom is 0.339 e. The minimum Gasteiger partial charge on any atom is -0.378 e.